The van der Waals surface area contributed by atoms with E-state index in [4.69, 9.17) is 4.74 Å². The number of nitrogens with zero attached hydrogens (tertiary/aromatic N) is 2. The second-order valence-electron chi connectivity index (χ2n) is 6.18. The Hall–Kier alpha value is -1.66. The van der Waals surface area contributed by atoms with Crippen LogP contribution in [0.25, 0.3) is 0 Å². The van der Waals surface area contributed by atoms with E-state index in [1.807, 2.05) is 6.07 Å². The Morgan fingerprint density at radius 1 is 1.41 bits per heavy atom. The summed E-state index contributed by atoms with van der Waals surface area (Å²) in [5.41, 5.74) is 1.60. The van der Waals surface area contributed by atoms with E-state index in [-0.39, 0.29) is 12.5 Å². The lowest BCUT2D eigenvalue weighted by atomic mass is 9.92. The largest absolute Gasteiger partial charge is 0.480 e. The monoisotopic (exact) mass is 306 g/mol. The van der Waals surface area contributed by atoms with Gasteiger partial charge in [0.1, 0.15) is 5.56 Å². The Labute approximate surface area is 129 Å². The number of methoxy groups -OCH3 is 1. The zero-order chi connectivity index (χ0) is 15.7. The molecule has 0 bridgehead atoms. The molecule has 1 aromatic rings. The van der Waals surface area contributed by atoms with E-state index in [1.165, 1.54) is 7.11 Å². The molecule has 6 nitrogen and oxygen atoms in total. The second-order valence-corrected chi connectivity index (χ2v) is 6.18. The lowest BCUT2D eigenvalue weighted by Crippen LogP contribution is -2.48. The first-order valence-corrected chi connectivity index (χ1v) is 7.75. The fourth-order valence-corrected chi connectivity index (χ4v) is 3.22. The molecule has 0 saturated carbocycles. The number of hydrogen-bond acceptors (Lipinski definition) is 5. The molecule has 1 aliphatic heterocycles. The quantitative estimate of drug-likeness (QED) is 0.851. The van der Waals surface area contributed by atoms with Crippen LogP contribution < -0.4 is 4.74 Å². The normalized spacial score (nSPS) is 19.9. The number of pyridine rings is 1. The number of aryl methyl sites for hydroxylation is 2. The topological polar surface area (TPSA) is 82.9 Å². The van der Waals surface area contributed by atoms with Crippen LogP contribution in [0.15, 0.2) is 6.07 Å². The molecule has 0 aromatic carbocycles. The lowest BCUT2D eigenvalue weighted by Gasteiger charge is -2.37. The molecule has 2 heterocycles. The summed E-state index contributed by atoms with van der Waals surface area (Å²) >= 11 is 0. The minimum Gasteiger partial charge on any atom is -0.480 e. The molecule has 0 radical (unpaired) electrons. The Kier molecular flexibility index (Phi) is 4.06. The second kappa shape index (κ2) is 5.85. The number of aliphatic hydroxyl groups is 2. The van der Waals surface area contributed by atoms with Crippen molar-refractivity contribution in [2.75, 3.05) is 26.8 Å². The number of ether oxygens (including phenoxy) is 1. The number of rotatable bonds is 3. The van der Waals surface area contributed by atoms with E-state index in [0.717, 1.165) is 30.5 Å². The highest BCUT2D eigenvalue weighted by molar-refractivity contribution is 5.96. The van der Waals surface area contributed by atoms with Gasteiger partial charge in [-0.3, -0.25) is 4.79 Å². The first kappa shape index (κ1) is 15.2. The Morgan fingerprint density at radius 2 is 2.14 bits per heavy atom. The summed E-state index contributed by atoms with van der Waals surface area (Å²) in [6.45, 7) is 0.588. The van der Waals surface area contributed by atoms with Gasteiger partial charge in [-0.1, -0.05) is 0 Å². The van der Waals surface area contributed by atoms with Crippen LogP contribution in [0.1, 0.15) is 40.9 Å². The number of amides is 1. The molecule has 0 unspecified atom stereocenters. The maximum absolute atomic E-state index is 12.7. The van der Waals surface area contributed by atoms with Crippen LogP contribution in [0.2, 0.25) is 0 Å². The van der Waals surface area contributed by atoms with E-state index in [2.05, 4.69) is 4.98 Å². The molecule has 2 aliphatic rings. The smallest absolute Gasteiger partial charge is 0.259 e. The SMILES string of the molecule is COc1nc2c(cc1C(=O)N1CCC(O)(CO)CC1)CCC2. The number of aromatic nitrogens is 1. The number of fused-ring (bicyclic) bond motifs is 1. The summed E-state index contributed by atoms with van der Waals surface area (Å²) in [7, 11) is 1.53. The third kappa shape index (κ3) is 2.68. The summed E-state index contributed by atoms with van der Waals surface area (Å²) in [5, 5.41) is 19.2. The predicted octanol–water partition coefficient (Wildman–Crippen LogP) is 0.538. The number of piperidine rings is 1. The van der Waals surface area contributed by atoms with E-state index in [1.54, 1.807) is 4.90 Å². The predicted molar refractivity (Wildman–Crippen MR) is 80.0 cm³/mol. The highest BCUT2D eigenvalue weighted by Gasteiger charge is 2.34. The Morgan fingerprint density at radius 3 is 2.77 bits per heavy atom. The van der Waals surface area contributed by atoms with Crippen molar-refractivity contribution in [3.05, 3.63) is 22.9 Å². The van der Waals surface area contributed by atoms with Crippen LogP contribution in [0.3, 0.4) is 0 Å². The first-order chi connectivity index (χ1) is 10.6. The number of hydrogen-bond donors (Lipinski definition) is 2. The third-order valence-corrected chi connectivity index (χ3v) is 4.72. The summed E-state index contributed by atoms with van der Waals surface area (Å²) < 4.78 is 5.30. The van der Waals surface area contributed by atoms with Crippen molar-refractivity contribution in [2.24, 2.45) is 0 Å². The van der Waals surface area contributed by atoms with Crippen LogP contribution in [-0.4, -0.2) is 58.4 Å². The average molecular weight is 306 g/mol. The average Bonchev–Trinajstić information content (AvgIpc) is 3.01. The van der Waals surface area contributed by atoms with Gasteiger partial charge < -0.3 is 19.8 Å². The van der Waals surface area contributed by atoms with Gasteiger partial charge in [-0.25, -0.2) is 4.98 Å². The molecular formula is C16H22N2O4. The zero-order valence-electron chi connectivity index (χ0n) is 12.8. The van der Waals surface area contributed by atoms with E-state index < -0.39 is 5.60 Å². The molecule has 1 fully saturated rings. The van der Waals surface area contributed by atoms with Gasteiger partial charge in [0, 0.05) is 18.8 Å². The summed E-state index contributed by atoms with van der Waals surface area (Å²) in [5.74, 6) is 0.271. The Balaban J connectivity index is 1.81. The van der Waals surface area contributed by atoms with Crippen molar-refractivity contribution in [3.8, 4) is 5.88 Å². The van der Waals surface area contributed by atoms with E-state index in [0.29, 0.717) is 37.4 Å². The Bertz CT molecular complexity index is 580. The minimum absolute atomic E-state index is 0.112. The van der Waals surface area contributed by atoms with Crippen molar-refractivity contribution < 1.29 is 19.7 Å². The van der Waals surface area contributed by atoms with Crippen LogP contribution >= 0.6 is 0 Å². The van der Waals surface area contributed by atoms with Crippen LogP contribution in [0, 0.1) is 0 Å². The molecule has 1 amide bonds. The maximum Gasteiger partial charge on any atom is 0.259 e. The van der Waals surface area contributed by atoms with Gasteiger partial charge in [0.05, 0.1) is 19.3 Å². The van der Waals surface area contributed by atoms with Gasteiger partial charge in [-0.05, 0) is 43.7 Å². The third-order valence-electron chi connectivity index (χ3n) is 4.72. The van der Waals surface area contributed by atoms with Crippen LogP contribution in [0.4, 0.5) is 0 Å². The van der Waals surface area contributed by atoms with Gasteiger partial charge in [-0.15, -0.1) is 0 Å². The summed E-state index contributed by atoms with van der Waals surface area (Å²) in [4.78, 5) is 18.9. The van der Waals surface area contributed by atoms with Crippen molar-refractivity contribution in [2.45, 2.75) is 37.7 Å². The fourth-order valence-electron chi connectivity index (χ4n) is 3.22. The van der Waals surface area contributed by atoms with Gasteiger partial charge in [0.2, 0.25) is 5.88 Å². The van der Waals surface area contributed by atoms with Crippen LogP contribution in [0.5, 0.6) is 5.88 Å². The molecule has 1 aliphatic carbocycles. The molecule has 2 N–H and O–H groups in total. The highest BCUT2D eigenvalue weighted by atomic mass is 16.5. The summed E-state index contributed by atoms with van der Waals surface area (Å²) in [6, 6.07) is 1.91. The lowest BCUT2D eigenvalue weighted by molar-refractivity contribution is -0.0546. The first-order valence-electron chi connectivity index (χ1n) is 7.75. The molecule has 1 saturated heterocycles. The van der Waals surface area contributed by atoms with Crippen molar-refractivity contribution in [1.82, 2.24) is 9.88 Å². The van der Waals surface area contributed by atoms with Gasteiger partial charge >= 0.3 is 0 Å². The molecule has 6 heteroatoms. The number of carbonyl (C=O) groups excluding carboxylic acids is 1. The molecule has 0 atom stereocenters. The van der Waals surface area contributed by atoms with Gasteiger partial charge in [0.15, 0.2) is 0 Å². The molecule has 0 spiro atoms. The molecule has 3 rings (SSSR count). The molecule has 22 heavy (non-hydrogen) atoms. The molecular weight excluding hydrogens is 284 g/mol. The van der Waals surface area contributed by atoms with Crippen LogP contribution in [-0.2, 0) is 12.8 Å². The van der Waals surface area contributed by atoms with Crippen molar-refractivity contribution in [3.63, 3.8) is 0 Å². The van der Waals surface area contributed by atoms with Gasteiger partial charge in [-0.2, -0.15) is 0 Å². The van der Waals surface area contributed by atoms with Crippen molar-refractivity contribution in [1.29, 1.82) is 0 Å². The van der Waals surface area contributed by atoms with E-state index in [9.17, 15) is 15.0 Å². The van der Waals surface area contributed by atoms with Gasteiger partial charge in [0.25, 0.3) is 5.91 Å². The maximum atomic E-state index is 12.7. The highest BCUT2D eigenvalue weighted by Crippen LogP contribution is 2.29. The number of likely N-dealkylation sites (tertiary alicyclic amines) is 1. The zero-order valence-corrected chi connectivity index (χ0v) is 12.8. The van der Waals surface area contributed by atoms with E-state index >= 15 is 0 Å². The minimum atomic E-state index is -1.06. The number of carbonyl (C=O) groups is 1. The molecule has 1 aromatic heterocycles. The standard InChI is InChI=1S/C16H22N2O4/c1-22-14-12(9-11-3-2-4-13(11)17-14)15(20)18-7-5-16(21,10-19)6-8-18/h9,19,21H,2-8,10H2,1H3. The van der Waals surface area contributed by atoms with Crippen molar-refractivity contribution >= 4 is 5.91 Å². The summed E-state index contributed by atoms with van der Waals surface area (Å²) in [6.07, 6.45) is 3.73. The fraction of sp³-hybridized carbons (Fsp3) is 0.625. The number of aliphatic hydroxyl groups excluding tert-OH is 1. The molecule has 120 valence electrons.